The predicted molar refractivity (Wildman–Crippen MR) is 62.5 cm³/mol. The average Bonchev–Trinajstić information content (AvgIpc) is 1.99. The van der Waals surface area contributed by atoms with Crippen LogP contribution in [0, 0.1) is 17.3 Å². The summed E-state index contributed by atoms with van der Waals surface area (Å²) < 4.78 is 5.60. The van der Waals surface area contributed by atoms with Crippen molar-refractivity contribution in [2.24, 2.45) is 17.3 Å². The second-order valence-electron chi connectivity index (χ2n) is 6.45. The van der Waals surface area contributed by atoms with Crippen LogP contribution < -0.4 is 0 Å². The van der Waals surface area contributed by atoms with Crippen molar-refractivity contribution in [2.45, 2.75) is 66.3 Å². The van der Waals surface area contributed by atoms with E-state index in [1.165, 1.54) is 0 Å². The molecule has 0 amide bonds. The summed E-state index contributed by atoms with van der Waals surface area (Å²) in [4.78, 5) is 0. The van der Waals surface area contributed by atoms with Gasteiger partial charge in [-0.25, -0.2) is 0 Å². The lowest BCUT2D eigenvalue weighted by Gasteiger charge is -2.37. The SMILES string of the molecule is CC(C)C1CC(O)OC(CC(C)(C)C)C1. The molecule has 0 bridgehead atoms. The number of aliphatic hydroxyl groups is 1. The highest BCUT2D eigenvalue weighted by molar-refractivity contribution is 4.79. The molecule has 1 rings (SSSR count). The standard InChI is InChI=1S/C13H26O2/c1-9(2)10-6-11(8-13(3,4)5)15-12(14)7-10/h9-12,14H,6-8H2,1-5H3. The molecule has 1 N–H and O–H groups in total. The van der Waals surface area contributed by atoms with Crippen LogP contribution in [-0.2, 0) is 4.74 Å². The van der Waals surface area contributed by atoms with Gasteiger partial charge in [-0.05, 0) is 30.1 Å². The van der Waals surface area contributed by atoms with Crippen molar-refractivity contribution in [3.05, 3.63) is 0 Å². The van der Waals surface area contributed by atoms with Gasteiger partial charge in [0.15, 0.2) is 6.29 Å². The molecule has 0 aromatic heterocycles. The molecular formula is C13H26O2. The zero-order valence-electron chi connectivity index (χ0n) is 10.8. The van der Waals surface area contributed by atoms with E-state index in [-0.39, 0.29) is 11.5 Å². The molecule has 90 valence electrons. The Kier molecular flexibility index (Phi) is 4.19. The van der Waals surface area contributed by atoms with E-state index in [0.717, 1.165) is 19.3 Å². The van der Waals surface area contributed by atoms with E-state index in [1.807, 2.05) is 0 Å². The Bertz CT molecular complexity index is 193. The van der Waals surface area contributed by atoms with E-state index in [9.17, 15) is 5.11 Å². The van der Waals surface area contributed by atoms with Gasteiger partial charge in [-0.3, -0.25) is 0 Å². The molecule has 1 heterocycles. The molecule has 1 aliphatic heterocycles. The quantitative estimate of drug-likeness (QED) is 0.765. The first-order chi connectivity index (χ1) is 6.78. The minimum Gasteiger partial charge on any atom is -0.368 e. The zero-order valence-corrected chi connectivity index (χ0v) is 10.8. The van der Waals surface area contributed by atoms with Crippen molar-refractivity contribution in [1.82, 2.24) is 0 Å². The molecule has 0 aromatic rings. The van der Waals surface area contributed by atoms with Gasteiger partial charge in [0.25, 0.3) is 0 Å². The summed E-state index contributed by atoms with van der Waals surface area (Å²) in [6.45, 7) is 11.1. The minimum atomic E-state index is -0.543. The van der Waals surface area contributed by atoms with Crippen molar-refractivity contribution in [3.63, 3.8) is 0 Å². The Morgan fingerprint density at radius 1 is 1.27 bits per heavy atom. The minimum absolute atomic E-state index is 0.237. The maximum atomic E-state index is 9.67. The van der Waals surface area contributed by atoms with Crippen LogP contribution in [0.1, 0.15) is 53.9 Å². The van der Waals surface area contributed by atoms with Crippen LogP contribution in [0.25, 0.3) is 0 Å². The van der Waals surface area contributed by atoms with Crippen LogP contribution >= 0.6 is 0 Å². The van der Waals surface area contributed by atoms with Gasteiger partial charge in [-0.15, -0.1) is 0 Å². The van der Waals surface area contributed by atoms with Crippen LogP contribution in [-0.4, -0.2) is 17.5 Å². The lowest BCUT2D eigenvalue weighted by atomic mass is 9.80. The first-order valence-electron chi connectivity index (χ1n) is 6.11. The van der Waals surface area contributed by atoms with Gasteiger partial charge in [0.2, 0.25) is 0 Å². The monoisotopic (exact) mass is 214 g/mol. The second kappa shape index (κ2) is 4.84. The van der Waals surface area contributed by atoms with Crippen molar-refractivity contribution >= 4 is 0 Å². The molecule has 3 atom stereocenters. The average molecular weight is 214 g/mol. The van der Waals surface area contributed by atoms with E-state index in [2.05, 4.69) is 34.6 Å². The Balaban J connectivity index is 2.52. The van der Waals surface area contributed by atoms with Gasteiger partial charge in [0.1, 0.15) is 0 Å². The Hall–Kier alpha value is -0.0800. The molecule has 0 radical (unpaired) electrons. The third-order valence-electron chi connectivity index (χ3n) is 3.20. The van der Waals surface area contributed by atoms with Crippen LogP contribution in [0.4, 0.5) is 0 Å². The molecule has 3 unspecified atom stereocenters. The maximum absolute atomic E-state index is 9.67. The number of hydrogen-bond acceptors (Lipinski definition) is 2. The first-order valence-corrected chi connectivity index (χ1v) is 6.11. The Morgan fingerprint density at radius 2 is 1.87 bits per heavy atom. The summed E-state index contributed by atoms with van der Waals surface area (Å²) in [6, 6.07) is 0. The third-order valence-corrected chi connectivity index (χ3v) is 3.20. The summed E-state index contributed by atoms with van der Waals surface area (Å²) in [6.07, 6.45) is 2.64. The van der Waals surface area contributed by atoms with Crippen molar-refractivity contribution in [1.29, 1.82) is 0 Å². The topological polar surface area (TPSA) is 29.5 Å². The number of ether oxygens (including phenoxy) is 1. The summed E-state index contributed by atoms with van der Waals surface area (Å²) in [7, 11) is 0. The van der Waals surface area contributed by atoms with E-state index >= 15 is 0 Å². The highest BCUT2D eigenvalue weighted by atomic mass is 16.6. The number of rotatable bonds is 2. The first kappa shape index (κ1) is 13.0. The molecular weight excluding hydrogens is 188 g/mol. The third kappa shape index (κ3) is 4.52. The molecule has 1 aliphatic rings. The van der Waals surface area contributed by atoms with Crippen LogP contribution in [0.5, 0.6) is 0 Å². The smallest absolute Gasteiger partial charge is 0.155 e. The van der Waals surface area contributed by atoms with Gasteiger partial charge in [-0.2, -0.15) is 0 Å². The van der Waals surface area contributed by atoms with E-state index in [0.29, 0.717) is 11.8 Å². The second-order valence-corrected chi connectivity index (χ2v) is 6.45. The molecule has 0 spiro atoms. The molecule has 0 aliphatic carbocycles. The lowest BCUT2D eigenvalue weighted by molar-refractivity contribution is -0.188. The fourth-order valence-corrected chi connectivity index (χ4v) is 2.38. The number of hydrogen-bond donors (Lipinski definition) is 1. The lowest BCUT2D eigenvalue weighted by Crippen LogP contribution is -2.36. The maximum Gasteiger partial charge on any atom is 0.155 e. The normalized spacial score (nSPS) is 33.4. The highest BCUT2D eigenvalue weighted by Gasteiger charge is 2.32. The van der Waals surface area contributed by atoms with Crippen molar-refractivity contribution < 1.29 is 9.84 Å². The van der Waals surface area contributed by atoms with Gasteiger partial charge in [0, 0.05) is 6.42 Å². The molecule has 1 saturated heterocycles. The fraction of sp³-hybridized carbons (Fsp3) is 1.00. The molecule has 15 heavy (non-hydrogen) atoms. The van der Waals surface area contributed by atoms with E-state index < -0.39 is 6.29 Å². The molecule has 0 aromatic carbocycles. The van der Waals surface area contributed by atoms with Crippen LogP contribution in [0.3, 0.4) is 0 Å². The van der Waals surface area contributed by atoms with E-state index in [1.54, 1.807) is 0 Å². The highest BCUT2D eigenvalue weighted by Crippen LogP contribution is 2.34. The van der Waals surface area contributed by atoms with E-state index in [4.69, 9.17) is 4.74 Å². The summed E-state index contributed by atoms with van der Waals surface area (Å²) in [5.74, 6) is 1.26. The molecule has 2 heteroatoms. The Morgan fingerprint density at radius 3 is 2.33 bits per heavy atom. The molecule has 1 fully saturated rings. The molecule has 2 nitrogen and oxygen atoms in total. The summed E-state index contributed by atoms with van der Waals surface area (Å²) in [5.41, 5.74) is 0.281. The van der Waals surface area contributed by atoms with Crippen LogP contribution in [0.15, 0.2) is 0 Å². The van der Waals surface area contributed by atoms with Gasteiger partial charge < -0.3 is 9.84 Å². The predicted octanol–water partition coefficient (Wildman–Crippen LogP) is 3.19. The summed E-state index contributed by atoms with van der Waals surface area (Å²) in [5, 5.41) is 9.67. The Labute approximate surface area is 94.0 Å². The van der Waals surface area contributed by atoms with Crippen molar-refractivity contribution in [2.75, 3.05) is 0 Å². The summed E-state index contributed by atoms with van der Waals surface area (Å²) >= 11 is 0. The van der Waals surface area contributed by atoms with Crippen LogP contribution in [0.2, 0.25) is 0 Å². The largest absolute Gasteiger partial charge is 0.368 e. The van der Waals surface area contributed by atoms with Gasteiger partial charge in [-0.1, -0.05) is 34.6 Å². The number of aliphatic hydroxyl groups excluding tert-OH is 1. The van der Waals surface area contributed by atoms with Gasteiger partial charge >= 0.3 is 0 Å². The van der Waals surface area contributed by atoms with Crippen molar-refractivity contribution in [3.8, 4) is 0 Å². The fourth-order valence-electron chi connectivity index (χ4n) is 2.38. The van der Waals surface area contributed by atoms with Gasteiger partial charge in [0.05, 0.1) is 6.10 Å². The zero-order chi connectivity index (χ0) is 11.6. The molecule has 0 saturated carbocycles.